The molecule has 116 valence electrons. The van der Waals surface area contributed by atoms with Crippen LogP contribution in [-0.4, -0.2) is 50.1 Å². The van der Waals surface area contributed by atoms with Gasteiger partial charge in [0.2, 0.25) is 5.91 Å². The van der Waals surface area contributed by atoms with E-state index in [-0.39, 0.29) is 11.4 Å². The Labute approximate surface area is 123 Å². The van der Waals surface area contributed by atoms with Crippen molar-refractivity contribution in [2.75, 3.05) is 33.7 Å². The molecular formula is C16H31N3O. The number of nitrogens with one attached hydrogen (secondary N) is 2. The number of carbonyl (C=O) groups excluding carboxylic acids is 1. The van der Waals surface area contributed by atoms with Crippen LogP contribution in [0, 0.1) is 11.8 Å². The minimum Gasteiger partial charge on any atom is -0.354 e. The van der Waals surface area contributed by atoms with E-state index in [1.165, 1.54) is 32.1 Å². The predicted octanol–water partition coefficient (Wildman–Crippen LogP) is 1.61. The maximum atomic E-state index is 12.2. The van der Waals surface area contributed by atoms with Crippen molar-refractivity contribution >= 4 is 5.91 Å². The van der Waals surface area contributed by atoms with Crippen LogP contribution >= 0.6 is 0 Å². The molecule has 0 radical (unpaired) electrons. The maximum Gasteiger partial charge on any atom is 0.220 e. The fourth-order valence-corrected chi connectivity index (χ4v) is 3.53. The number of carbonyl (C=O) groups is 1. The van der Waals surface area contributed by atoms with Crippen LogP contribution in [0.25, 0.3) is 0 Å². The molecule has 2 rings (SSSR count). The zero-order valence-corrected chi connectivity index (χ0v) is 13.4. The Morgan fingerprint density at radius 3 is 2.65 bits per heavy atom. The van der Waals surface area contributed by atoms with Crippen LogP contribution in [-0.2, 0) is 4.79 Å². The van der Waals surface area contributed by atoms with Crippen LogP contribution in [0.5, 0.6) is 0 Å². The van der Waals surface area contributed by atoms with E-state index in [0.717, 1.165) is 19.6 Å². The van der Waals surface area contributed by atoms with Crippen molar-refractivity contribution < 1.29 is 4.79 Å². The summed E-state index contributed by atoms with van der Waals surface area (Å²) in [6.07, 6.45) is 6.91. The number of nitrogens with zero attached hydrogens (tertiary/aromatic N) is 1. The first-order valence-electron chi connectivity index (χ1n) is 8.18. The topological polar surface area (TPSA) is 44.4 Å². The van der Waals surface area contributed by atoms with Crippen molar-refractivity contribution in [3.8, 4) is 0 Å². The molecule has 1 amide bonds. The van der Waals surface area contributed by atoms with E-state index < -0.39 is 0 Å². The van der Waals surface area contributed by atoms with E-state index in [1.807, 2.05) is 0 Å². The lowest BCUT2D eigenvalue weighted by atomic mass is 9.75. The van der Waals surface area contributed by atoms with Gasteiger partial charge < -0.3 is 15.5 Å². The molecule has 1 aliphatic heterocycles. The average molecular weight is 281 g/mol. The molecule has 0 aromatic carbocycles. The Morgan fingerprint density at radius 1 is 1.40 bits per heavy atom. The van der Waals surface area contributed by atoms with Crippen molar-refractivity contribution in [2.45, 2.75) is 51.0 Å². The molecule has 0 aromatic rings. The van der Waals surface area contributed by atoms with Crippen molar-refractivity contribution in [1.29, 1.82) is 0 Å². The van der Waals surface area contributed by atoms with Crippen molar-refractivity contribution in [3.63, 3.8) is 0 Å². The smallest absolute Gasteiger partial charge is 0.220 e. The van der Waals surface area contributed by atoms with E-state index in [4.69, 9.17) is 0 Å². The molecule has 0 bridgehead atoms. The van der Waals surface area contributed by atoms with Crippen LogP contribution in [0.3, 0.4) is 0 Å². The third kappa shape index (κ3) is 3.73. The molecule has 1 aliphatic carbocycles. The monoisotopic (exact) mass is 281 g/mol. The molecule has 2 unspecified atom stereocenters. The highest BCUT2D eigenvalue weighted by Crippen LogP contribution is 2.35. The van der Waals surface area contributed by atoms with E-state index >= 15 is 0 Å². The van der Waals surface area contributed by atoms with Gasteiger partial charge in [-0.2, -0.15) is 0 Å². The summed E-state index contributed by atoms with van der Waals surface area (Å²) in [6, 6.07) is 0. The Bertz CT molecular complexity index is 320. The first-order valence-corrected chi connectivity index (χ1v) is 8.18. The van der Waals surface area contributed by atoms with Gasteiger partial charge in [-0.05, 0) is 71.1 Å². The minimum atomic E-state index is 0.227. The first-order chi connectivity index (χ1) is 9.53. The molecule has 2 fully saturated rings. The summed E-state index contributed by atoms with van der Waals surface area (Å²) in [5, 5.41) is 6.62. The molecule has 4 heteroatoms. The summed E-state index contributed by atoms with van der Waals surface area (Å²) in [5.41, 5.74) is 0.227. The fourth-order valence-electron chi connectivity index (χ4n) is 3.53. The number of likely N-dealkylation sites (N-methyl/N-ethyl adjacent to an activating group) is 1. The van der Waals surface area contributed by atoms with Gasteiger partial charge in [-0.15, -0.1) is 0 Å². The molecule has 2 aliphatic rings. The lowest BCUT2D eigenvalue weighted by molar-refractivity contribution is -0.123. The van der Waals surface area contributed by atoms with Crippen LogP contribution in [0.2, 0.25) is 0 Å². The number of piperidine rings is 1. The second-order valence-corrected chi connectivity index (χ2v) is 7.04. The van der Waals surface area contributed by atoms with Crippen LogP contribution < -0.4 is 10.6 Å². The summed E-state index contributed by atoms with van der Waals surface area (Å²) >= 11 is 0. The lowest BCUT2D eigenvalue weighted by Gasteiger charge is -2.47. The van der Waals surface area contributed by atoms with Crippen molar-refractivity contribution in [3.05, 3.63) is 0 Å². The Morgan fingerprint density at radius 2 is 2.15 bits per heavy atom. The number of hydrogen-bond acceptors (Lipinski definition) is 3. The minimum absolute atomic E-state index is 0.227. The highest BCUT2D eigenvalue weighted by molar-refractivity contribution is 5.76. The zero-order valence-electron chi connectivity index (χ0n) is 13.4. The largest absolute Gasteiger partial charge is 0.354 e. The van der Waals surface area contributed by atoms with E-state index in [2.05, 4.69) is 36.6 Å². The normalized spacial score (nSPS) is 26.9. The molecule has 20 heavy (non-hydrogen) atoms. The standard InChI is InChI=1S/C16H31N3O/c1-13(14-6-4-9-17-11-14)10-15(20)18-12-16(19(2)3)7-5-8-16/h13-14,17H,4-12H2,1-3H3,(H,18,20). The van der Waals surface area contributed by atoms with E-state index in [9.17, 15) is 4.79 Å². The highest BCUT2D eigenvalue weighted by atomic mass is 16.1. The second kappa shape index (κ2) is 6.90. The van der Waals surface area contributed by atoms with E-state index in [1.54, 1.807) is 0 Å². The van der Waals surface area contributed by atoms with Gasteiger partial charge in [0, 0.05) is 18.5 Å². The highest BCUT2D eigenvalue weighted by Gasteiger charge is 2.39. The Hall–Kier alpha value is -0.610. The van der Waals surface area contributed by atoms with Gasteiger partial charge in [0.15, 0.2) is 0 Å². The number of rotatable bonds is 6. The van der Waals surface area contributed by atoms with Gasteiger partial charge in [0.1, 0.15) is 0 Å². The van der Waals surface area contributed by atoms with Gasteiger partial charge in [-0.3, -0.25) is 4.79 Å². The molecule has 2 atom stereocenters. The molecule has 0 spiro atoms. The Balaban J connectivity index is 1.72. The van der Waals surface area contributed by atoms with Crippen molar-refractivity contribution in [2.24, 2.45) is 11.8 Å². The third-order valence-electron chi connectivity index (χ3n) is 5.49. The maximum absolute atomic E-state index is 12.2. The molecule has 0 aromatic heterocycles. The molecule has 2 N–H and O–H groups in total. The summed E-state index contributed by atoms with van der Waals surface area (Å²) < 4.78 is 0. The quantitative estimate of drug-likeness (QED) is 0.777. The average Bonchev–Trinajstić information content (AvgIpc) is 2.38. The van der Waals surface area contributed by atoms with Gasteiger partial charge in [0.25, 0.3) is 0 Å². The lowest BCUT2D eigenvalue weighted by Crippen LogP contribution is -2.57. The first kappa shape index (κ1) is 15.8. The number of amides is 1. The SMILES string of the molecule is CC(CC(=O)NCC1(N(C)C)CCC1)C1CCCNC1. The van der Waals surface area contributed by atoms with Crippen molar-refractivity contribution in [1.82, 2.24) is 15.5 Å². The molecule has 1 saturated heterocycles. The molecule has 1 saturated carbocycles. The number of hydrogen-bond donors (Lipinski definition) is 2. The summed E-state index contributed by atoms with van der Waals surface area (Å²) in [4.78, 5) is 14.4. The second-order valence-electron chi connectivity index (χ2n) is 7.04. The molecular weight excluding hydrogens is 250 g/mol. The van der Waals surface area contributed by atoms with Gasteiger partial charge in [0.05, 0.1) is 0 Å². The molecule has 4 nitrogen and oxygen atoms in total. The molecule has 1 heterocycles. The third-order valence-corrected chi connectivity index (χ3v) is 5.49. The summed E-state index contributed by atoms with van der Waals surface area (Å²) in [6.45, 7) is 5.26. The zero-order chi connectivity index (χ0) is 14.6. The van der Waals surface area contributed by atoms with Gasteiger partial charge >= 0.3 is 0 Å². The van der Waals surface area contributed by atoms with Crippen LogP contribution in [0.15, 0.2) is 0 Å². The van der Waals surface area contributed by atoms with Crippen LogP contribution in [0.1, 0.15) is 45.4 Å². The summed E-state index contributed by atoms with van der Waals surface area (Å²) in [7, 11) is 4.25. The predicted molar refractivity (Wildman–Crippen MR) is 82.7 cm³/mol. The summed E-state index contributed by atoms with van der Waals surface area (Å²) in [5.74, 6) is 1.39. The van der Waals surface area contributed by atoms with E-state index in [0.29, 0.717) is 18.3 Å². The van der Waals surface area contributed by atoms with Gasteiger partial charge in [-0.1, -0.05) is 6.92 Å². The fraction of sp³-hybridized carbons (Fsp3) is 0.938. The van der Waals surface area contributed by atoms with Crippen LogP contribution in [0.4, 0.5) is 0 Å². The van der Waals surface area contributed by atoms with Gasteiger partial charge in [-0.25, -0.2) is 0 Å². The Kier molecular flexibility index (Phi) is 5.44.